The zero-order valence-corrected chi connectivity index (χ0v) is 11.0. The summed E-state index contributed by atoms with van der Waals surface area (Å²) in [5.74, 6) is 0. The maximum Gasteiger partial charge on any atom is -0.0262 e. The Bertz CT molecular complexity index is 218. The minimum Gasteiger partial charge on any atom is -0.0985 e. The van der Waals surface area contributed by atoms with E-state index in [-0.39, 0.29) is 0 Å². The molecule has 0 N–H and O–H groups in total. The second-order valence-electron chi connectivity index (χ2n) is 3.01. The molecule has 0 aliphatic carbocycles. The highest BCUT2D eigenvalue weighted by Gasteiger charge is 1.86. The first kappa shape index (κ1) is 16.4. The largest absolute Gasteiger partial charge is 0.0985 e. The molecule has 0 saturated carbocycles. The maximum atomic E-state index is 3.69. The van der Waals surface area contributed by atoms with Crippen molar-refractivity contribution >= 4 is 6.08 Å². The van der Waals surface area contributed by atoms with E-state index in [1.54, 1.807) is 0 Å². The molecule has 0 aliphatic heterocycles. The van der Waals surface area contributed by atoms with Gasteiger partial charge in [-0.2, -0.15) is 0 Å². The molecule has 0 aromatic heterocycles. The van der Waals surface area contributed by atoms with Gasteiger partial charge >= 0.3 is 0 Å². The van der Waals surface area contributed by atoms with E-state index in [0.717, 1.165) is 6.42 Å². The van der Waals surface area contributed by atoms with Crippen molar-refractivity contribution < 1.29 is 0 Å². The molecular weight excluding hydrogens is 180 g/mol. The van der Waals surface area contributed by atoms with Crippen molar-refractivity contribution in [3.8, 4) is 0 Å². The van der Waals surface area contributed by atoms with Crippen LogP contribution in [0.5, 0.6) is 0 Å². The summed E-state index contributed by atoms with van der Waals surface area (Å²) < 4.78 is 0. The monoisotopic (exact) mass is 206 g/mol. The second-order valence-corrected chi connectivity index (χ2v) is 3.01. The van der Waals surface area contributed by atoms with Crippen molar-refractivity contribution in [3.05, 3.63) is 42.0 Å². The smallest absolute Gasteiger partial charge is 0.0262 e. The van der Waals surface area contributed by atoms with Gasteiger partial charge in [0.1, 0.15) is 0 Å². The van der Waals surface area contributed by atoms with Crippen molar-refractivity contribution in [2.75, 3.05) is 0 Å². The number of aryl methyl sites for hydroxylation is 1. The fourth-order valence-electron chi connectivity index (χ4n) is 0.889. The van der Waals surface area contributed by atoms with Gasteiger partial charge in [0.15, 0.2) is 0 Å². The normalized spacial score (nSPS) is 7.80. The first-order valence-electron chi connectivity index (χ1n) is 5.99. The Balaban J connectivity index is 0. The van der Waals surface area contributed by atoms with Crippen LogP contribution < -0.4 is 0 Å². The predicted molar refractivity (Wildman–Crippen MR) is 73.2 cm³/mol. The topological polar surface area (TPSA) is 0 Å². The standard InChI is InChI=1S/C10H12.C3H8.C2H6/c1-3-9-5-7-10(4-2)8-6-9;1-3-2;1-2/h3,5-8H,1,4H2,2H3;3H2,1-2H3;1-2H3. The summed E-state index contributed by atoms with van der Waals surface area (Å²) in [5, 5.41) is 0. The van der Waals surface area contributed by atoms with E-state index < -0.39 is 0 Å². The fourth-order valence-corrected chi connectivity index (χ4v) is 0.889. The molecule has 0 atom stereocenters. The van der Waals surface area contributed by atoms with E-state index in [1.165, 1.54) is 17.5 Å². The van der Waals surface area contributed by atoms with E-state index >= 15 is 0 Å². The Morgan fingerprint density at radius 2 is 1.40 bits per heavy atom. The van der Waals surface area contributed by atoms with E-state index in [0.29, 0.717) is 0 Å². The lowest BCUT2D eigenvalue weighted by Gasteiger charge is -1.95. The molecule has 0 spiro atoms. The Hall–Kier alpha value is -1.04. The Kier molecular flexibility index (Phi) is 14.2. The van der Waals surface area contributed by atoms with E-state index in [2.05, 4.69) is 51.6 Å². The SMILES string of the molecule is C=Cc1ccc(CC)cc1.CC.CCC. The Morgan fingerprint density at radius 1 is 1.00 bits per heavy atom. The lowest BCUT2D eigenvalue weighted by Crippen LogP contribution is -1.78. The van der Waals surface area contributed by atoms with Gasteiger partial charge in [-0.15, -0.1) is 0 Å². The number of rotatable bonds is 2. The van der Waals surface area contributed by atoms with E-state index in [1.807, 2.05) is 19.9 Å². The van der Waals surface area contributed by atoms with Gasteiger partial charge < -0.3 is 0 Å². The minimum atomic E-state index is 1.11. The predicted octanol–water partition coefficient (Wildman–Crippen LogP) is 5.33. The summed E-state index contributed by atoms with van der Waals surface area (Å²) in [6.07, 6.45) is 4.22. The minimum absolute atomic E-state index is 1.11. The highest BCUT2D eigenvalue weighted by atomic mass is 13.9. The molecule has 0 bridgehead atoms. The molecule has 86 valence electrons. The number of hydrogen-bond acceptors (Lipinski definition) is 0. The lowest BCUT2D eigenvalue weighted by molar-refractivity contribution is 1.09. The van der Waals surface area contributed by atoms with Crippen LogP contribution in [0.1, 0.15) is 52.2 Å². The van der Waals surface area contributed by atoms with Gasteiger partial charge in [-0.05, 0) is 17.5 Å². The molecule has 0 fully saturated rings. The zero-order valence-electron chi connectivity index (χ0n) is 11.0. The molecule has 15 heavy (non-hydrogen) atoms. The molecular formula is C15H26. The van der Waals surface area contributed by atoms with Gasteiger partial charge in [0.25, 0.3) is 0 Å². The average molecular weight is 206 g/mol. The fraction of sp³-hybridized carbons (Fsp3) is 0.467. The Labute approximate surface area is 96.0 Å². The van der Waals surface area contributed by atoms with Crippen LogP contribution in [0, 0.1) is 0 Å². The summed E-state index contributed by atoms with van der Waals surface area (Å²) in [4.78, 5) is 0. The van der Waals surface area contributed by atoms with Crippen LogP contribution in [0.3, 0.4) is 0 Å². The Morgan fingerprint density at radius 3 is 1.67 bits per heavy atom. The maximum absolute atomic E-state index is 3.69. The molecule has 0 aliphatic rings. The van der Waals surface area contributed by atoms with Crippen molar-refractivity contribution in [2.45, 2.75) is 47.5 Å². The highest BCUT2D eigenvalue weighted by Crippen LogP contribution is 2.05. The highest BCUT2D eigenvalue weighted by molar-refractivity contribution is 5.47. The zero-order chi connectivity index (χ0) is 12.1. The molecule has 0 amide bonds. The number of hydrogen-bond donors (Lipinski definition) is 0. The molecule has 0 heterocycles. The summed E-state index contributed by atoms with van der Waals surface area (Å²) in [6, 6.07) is 8.45. The van der Waals surface area contributed by atoms with Crippen molar-refractivity contribution in [3.63, 3.8) is 0 Å². The van der Waals surface area contributed by atoms with E-state index in [4.69, 9.17) is 0 Å². The van der Waals surface area contributed by atoms with Crippen LogP contribution in [-0.2, 0) is 6.42 Å². The molecule has 0 unspecified atom stereocenters. The van der Waals surface area contributed by atoms with Gasteiger partial charge in [-0.3, -0.25) is 0 Å². The van der Waals surface area contributed by atoms with Crippen LogP contribution in [0.15, 0.2) is 30.8 Å². The van der Waals surface area contributed by atoms with Gasteiger partial charge in [-0.25, -0.2) is 0 Å². The van der Waals surface area contributed by atoms with Crippen LogP contribution in [-0.4, -0.2) is 0 Å². The van der Waals surface area contributed by atoms with Gasteiger partial charge in [0.05, 0.1) is 0 Å². The van der Waals surface area contributed by atoms with Gasteiger partial charge in [0, 0.05) is 0 Å². The van der Waals surface area contributed by atoms with Gasteiger partial charge in [0.2, 0.25) is 0 Å². The molecule has 1 rings (SSSR count). The van der Waals surface area contributed by atoms with Crippen molar-refractivity contribution in [1.29, 1.82) is 0 Å². The third kappa shape index (κ3) is 9.27. The third-order valence-corrected chi connectivity index (χ3v) is 1.62. The summed E-state index contributed by atoms with van der Waals surface area (Å²) in [5.41, 5.74) is 2.57. The molecule has 0 radical (unpaired) electrons. The van der Waals surface area contributed by atoms with Gasteiger partial charge in [-0.1, -0.05) is 78.0 Å². The first-order valence-corrected chi connectivity index (χ1v) is 5.99. The molecule has 0 saturated heterocycles. The molecule has 1 aromatic carbocycles. The van der Waals surface area contributed by atoms with Crippen LogP contribution in [0.2, 0.25) is 0 Å². The van der Waals surface area contributed by atoms with Crippen LogP contribution >= 0.6 is 0 Å². The first-order chi connectivity index (χ1) is 7.28. The van der Waals surface area contributed by atoms with E-state index in [9.17, 15) is 0 Å². The number of benzene rings is 1. The molecule has 1 aromatic rings. The average Bonchev–Trinajstić information content (AvgIpc) is 2.33. The molecule has 0 heteroatoms. The van der Waals surface area contributed by atoms with Crippen LogP contribution in [0.25, 0.3) is 6.08 Å². The molecule has 0 nitrogen and oxygen atoms in total. The lowest BCUT2D eigenvalue weighted by atomic mass is 10.1. The third-order valence-electron chi connectivity index (χ3n) is 1.62. The summed E-state index contributed by atoms with van der Waals surface area (Å²) >= 11 is 0. The second kappa shape index (κ2) is 13.0. The van der Waals surface area contributed by atoms with Crippen LogP contribution in [0.4, 0.5) is 0 Å². The van der Waals surface area contributed by atoms with Crippen molar-refractivity contribution in [1.82, 2.24) is 0 Å². The van der Waals surface area contributed by atoms with Crippen molar-refractivity contribution in [2.24, 2.45) is 0 Å². The summed E-state index contributed by atoms with van der Waals surface area (Å²) in [7, 11) is 0. The quantitative estimate of drug-likeness (QED) is 0.613. The summed E-state index contributed by atoms with van der Waals surface area (Å²) in [6.45, 7) is 14.1.